The van der Waals surface area contributed by atoms with Gasteiger partial charge >= 0.3 is 5.97 Å². The van der Waals surface area contributed by atoms with Gasteiger partial charge in [0.2, 0.25) is 0 Å². The number of hydrogen-bond acceptors (Lipinski definition) is 6. The van der Waals surface area contributed by atoms with E-state index in [0.717, 1.165) is 18.4 Å². The zero-order valence-electron chi connectivity index (χ0n) is 9.34. The molecule has 0 aliphatic carbocycles. The molecule has 6 nitrogen and oxygen atoms in total. The average Bonchev–Trinajstić information content (AvgIpc) is 2.76. The van der Waals surface area contributed by atoms with E-state index in [-0.39, 0.29) is 9.90 Å². The maximum Gasteiger partial charge on any atom is 0.358 e. The largest absolute Gasteiger partial charge is 0.464 e. The van der Waals surface area contributed by atoms with Crippen LogP contribution >= 0.6 is 11.3 Å². The number of carbonyl (C=O) groups is 1. The van der Waals surface area contributed by atoms with Crippen LogP contribution in [0.15, 0.2) is 22.4 Å². The van der Waals surface area contributed by atoms with Crippen molar-refractivity contribution in [1.82, 2.24) is 9.71 Å². The second-order valence-electron chi connectivity index (χ2n) is 3.13. The summed E-state index contributed by atoms with van der Waals surface area (Å²) < 4.78 is 30.5. The molecule has 17 heavy (non-hydrogen) atoms. The lowest BCUT2D eigenvalue weighted by Gasteiger charge is -2.09. The third-order valence-corrected chi connectivity index (χ3v) is 4.78. The number of rotatable bonds is 5. The van der Waals surface area contributed by atoms with Gasteiger partial charge in [-0.05, 0) is 6.92 Å². The number of aromatic nitrogens is 1. The van der Waals surface area contributed by atoms with Crippen LogP contribution in [0, 0.1) is 0 Å². The van der Waals surface area contributed by atoms with Crippen molar-refractivity contribution in [2.75, 3.05) is 7.11 Å². The molecule has 0 aromatic carbocycles. The van der Waals surface area contributed by atoms with E-state index in [0.29, 0.717) is 0 Å². The number of carbonyl (C=O) groups excluding carboxylic acids is 1. The highest BCUT2D eigenvalue weighted by Crippen LogP contribution is 2.20. The molecular weight excluding hydrogens is 264 g/mol. The van der Waals surface area contributed by atoms with Crippen LogP contribution in [-0.2, 0) is 14.8 Å². The molecule has 1 heterocycles. The van der Waals surface area contributed by atoms with E-state index in [1.54, 1.807) is 6.92 Å². The summed E-state index contributed by atoms with van der Waals surface area (Å²) in [4.78, 5) is 15.0. The first kappa shape index (κ1) is 13.8. The van der Waals surface area contributed by atoms with Crippen molar-refractivity contribution in [1.29, 1.82) is 0 Å². The van der Waals surface area contributed by atoms with Crippen molar-refractivity contribution in [3.05, 3.63) is 23.9 Å². The van der Waals surface area contributed by atoms with Crippen LogP contribution < -0.4 is 4.72 Å². The average molecular weight is 276 g/mol. The number of thiazole rings is 1. The summed E-state index contributed by atoms with van der Waals surface area (Å²) >= 11 is 0.856. The molecule has 1 atom stereocenters. The zero-order valence-corrected chi connectivity index (χ0v) is 11.0. The van der Waals surface area contributed by atoms with Crippen LogP contribution in [0.2, 0.25) is 0 Å². The SMILES string of the molecule is C=CC(C)NS(=O)(=O)c1scnc1C(=O)OC. The summed E-state index contributed by atoms with van der Waals surface area (Å²) in [5.74, 6) is -0.780. The normalized spacial score (nSPS) is 13.1. The molecule has 0 amide bonds. The highest BCUT2D eigenvalue weighted by Gasteiger charge is 2.27. The third-order valence-electron chi connectivity index (χ3n) is 1.85. The lowest BCUT2D eigenvalue weighted by atomic mass is 10.4. The summed E-state index contributed by atoms with van der Waals surface area (Å²) in [6.07, 6.45) is 1.44. The van der Waals surface area contributed by atoms with E-state index in [2.05, 4.69) is 21.0 Å². The van der Waals surface area contributed by atoms with Gasteiger partial charge in [-0.3, -0.25) is 0 Å². The molecular formula is C9H12N2O4S2. The molecule has 0 saturated heterocycles. The fourth-order valence-corrected chi connectivity index (χ4v) is 3.37. The van der Waals surface area contributed by atoms with Crippen LogP contribution in [0.1, 0.15) is 17.4 Å². The Kier molecular flexibility index (Phi) is 4.38. The summed E-state index contributed by atoms with van der Waals surface area (Å²) in [7, 11) is -2.62. The van der Waals surface area contributed by atoms with Gasteiger partial charge in [0.25, 0.3) is 10.0 Å². The second-order valence-corrected chi connectivity index (χ2v) is 5.89. The monoisotopic (exact) mass is 276 g/mol. The summed E-state index contributed by atoms with van der Waals surface area (Å²) in [5.41, 5.74) is 1.07. The first-order valence-electron chi connectivity index (χ1n) is 4.59. The highest BCUT2D eigenvalue weighted by molar-refractivity contribution is 7.91. The standard InChI is InChI=1S/C9H12N2O4S2/c1-4-6(2)11-17(13,14)9-7(8(12)15-3)10-5-16-9/h4-6,11H,1H2,2-3H3. The number of ether oxygens (including phenoxy) is 1. The number of hydrogen-bond donors (Lipinski definition) is 1. The number of methoxy groups -OCH3 is 1. The minimum Gasteiger partial charge on any atom is -0.464 e. The van der Waals surface area contributed by atoms with Gasteiger partial charge in [-0.15, -0.1) is 17.9 Å². The van der Waals surface area contributed by atoms with Crippen LogP contribution in [0.25, 0.3) is 0 Å². The van der Waals surface area contributed by atoms with E-state index in [1.165, 1.54) is 11.6 Å². The van der Waals surface area contributed by atoms with Gasteiger partial charge in [0.1, 0.15) is 0 Å². The number of nitrogens with zero attached hydrogens (tertiary/aromatic N) is 1. The van der Waals surface area contributed by atoms with Crippen molar-refractivity contribution >= 4 is 27.3 Å². The van der Waals surface area contributed by atoms with E-state index in [1.807, 2.05) is 0 Å². The summed E-state index contributed by atoms with van der Waals surface area (Å²) in [6.45, 7) is 5.10. The number of nitrogens with one attached hydrogen (secondary N) is 1. The molecule has 1 unspecified atom stereocenters. The molecule has 1 N–H and O–H groups in total. The topological polar surface area (TPSA) is 85.4 Å². The Balaban J connectivity index is 3.12. The molecule has 0 aliphatic rings. The Morgan fingerprint density at radius 1 is 1.71 bits per heavy atom. The lowest BCUT2D eigenvalue weighted by molar-refractivity contribution is 0.0590. The molecule has 1 rings (SSSR count). The van der Waals surface area contributed by atoms with Gasteiger partial charge in [-0.25, -0.2) is 22.9 Å². The maximum atomic E-state index is 11.9. The van der Waals surface area contributed by atoms with E-state index >= 15 is 0 Å². The molecule has 1 aromatic rings. The Morgan fingerprint density at radius 3 is 2.88 bits per heavy atom. The van der Waals surface area contributed by atoms with Gasteiger partial charge in [0.15, 0.2) is 9.90 Å². The molecule has 8 heteroatoms. The molecule has 0 bridgehead atoms. The fraction of sp³-hybridized carbons (Fsp3) is 0.333. The summed E-state index contributed by atoms with van der Waals surface area (Å²) in [6, 6.07) is -0.437. The highest BCUT2D eigenvalue weighted by atomic mass is 32.2. The third kappa shape index (κ3) is 3.11. The van der Waals surface area contributed by atoms with Gasteiger partial charge < -0.3 is 4.74 Å². The van der Waals surface area contributed by atoms with E-state index in [9.17, 15) is 13.2 Å². The molecule has 0 radical (unpaired) electrons. The van der Waals surface area contributed by atoms with Crippen molar-refractivity contribution in [2.45, 2.75) is 17.2 Å². The minimum absolute atomic E-state index is 0.155. The Labute approximate surface area is 103 Å². The first-order valence-corrected chi connectivity index (χ1v) is 6.95. The smallest absolute Gasteiger partial charge is 0.358 e. The Morgan fingerprint density at radius 2 is 2.35 bits per heavy atom. The van der Waals surface area contributed by atoms with Crippen LogP contribution in [-0.4, -0.2) is 32.5 Å². The second kappa shape index (κ2) is 5.39. The van der Waals surface area contributed by atoms with Gasteiger partial charge in [-0.2, -0.15) is 0 Å². The van der Waals surface area contributed by atoms with Crippen LogP contribution in [0.3, 0.4) is 0 Å². The summed E-state index contributed by atoms with van der Waals surface area (Å²) in [5, 5.41) is 0. The predicted octanol–water partition coefficient (Wildman–Crippen LogP) is 0.783. The van der Waals surface area contributed by atoms with E-state index < -0.39 is 22.0 Å². The van der Waals surface area contributed by atoms with Crippen molar-refractivity contribution in [3.8, 4) is 0 Å². The Bertz CT molecular complexity index is 521. The molecule has 0 spiro atoms. The van der Waals surface area contributed by atoms with Gasteiger partial charge in [-0.1, -0.05) is 6.08 Å². The lowest BCUT2D eigenvalue weighted by Crippen LogP contribution is -2.31. The maximum absolute atomic E-state index is 11.9. The number of sulfonamides is 1. The van der Waals surface area contributed by atoms with Crippen molar-refractivity contribution < 1.29 is 17.9 Å². The fourth-order valence-electron chi connectivity index (χ4n) is 1.01. The predicted molar refractivity (Wildman–Crippen MR) is 63.4 cm³/mol. The minimum atomic E-state index is -3.78. The first-order chi connectivity index (χ1) is 7.92. The van der Waals surface area contributed by atoms with Crippen LogP contribution in [0.5, 0.6) is 0 Å². The van der Waals surface area contributed by atoms with Crippen molar-refractivity contribution in [3.63, 3.8) is 0 Å². The quantitative estimate of drug-likeness (QED) is 0.634. The molecule has 1 aromatic heterocycles. The van der Waals surface area contributed by atoms with Gasteiger partial charge in [0, 0.05) is 6.04 Å². The number of esters is 1. The molecule has 94 valence electrons. The molecule has 0 aliphatic heterocycles. The van der Waals surface area contributed by atoms with E-state index in [4.69, 9.17) is 0 Å². The molecule has 0 saturated carbocycles. The van der Waals surface area contributed by atoms with Crippen molar-refractivity contribution in [2.24, 2.45) is 0 Å². The zero-order chi connectivity index (χ0) is 13.1. The molecule has 0 fully saturated rings. The van der Waals surface area contributed by atoms with Crippen LogP contribution in [0.4, 0.5) is 0 Å². The Hall–Kier alpha value is -1.25. The van der Waals surface area contributed by atoms with Gasteiger partial charge in [0.05, 0.1) is 12.6 Å².